The Balaban J connectivity index is 1.89. The molecule has 8 heteroatoms. The topological polar surface area (TPSA) is 96.4 Å². The van der Waals surface area contributed by atoms with Gasteiger partial charge in [-0.25, -0.2) is 0 Å². The maximum absolute atomic E-state index is 14.6. The molecule has 3 aliphatic heterocycles. The van der Waals surface area contributed by atoms with Crippen LogP contribution in [0.5, 0.6) is 0 Å². The van der Waals surface area contributed by atoms with E-state index < -0.39 is 41.1 Å². The van der Waals surface area contributed by atoms with Gasteiger partial charge in [-0.2, -0.15) is 0 Å². The molecule has 2 bridgehead atoms. The summed E-state index contributed by atoms with van der Waals surface area (Å²) in [6, 6.07) is 7.30. The Morgan fingerprint density at radius 1 is 1.28 bits per heavy atom. The van der Waals surface area contributed by atoms with Crippen molar-refractivity contribution >= 4 is 17.8 Å². The van der Waals surface area contributed by atoms with Crippen LogP contribution in [-0.2, 0) is 23.9 Å². The molecule has 39 heavy (non-hydrogen) atoms. The monoisotopic (exact) mass is 538 g/mol. The predicted molar refractivity (Wildman–Crippen MR) is 147 cm³/mol. The lowest BCUT2D eigenvalue weighted by Gasteiger charge is -2.41. The lowest BCUT2D eigenvalue weighted by atomic mass is 9.62. The second kappa shape index (κ2) is 11.3. The highest BCUT2D eigenvalue weighted by molar-refractivity contribution is 5.99. The molecule has 212 valence electrons. The number of rotatable bonds is 12. The fourth-order valence-corrected chi connectivity index (χ4v) is 7.27. The Kier molecular flexibility index (Phi) is 8.38. The van der Waals surface area contributed by atoms with Gasteiger partial charge in [-0.15, -0.1) is 6.58 Å². The first-order valence-electron chi connectivity index (χ1n) is 14.0. The third-order valence-corrected chi connectivity index (χ3v) is 9.12. The molecule has 8 nitrogen and oxygen atoms in total. The number of carbonyl (C=O) groups is 3. The first-order chi connectivity index (χ1) is 18.6. The van der Waals surface area contributed by atoms with Crippen LogP contribution in [0.4, 0.5) is 0 Å². The molecule has 3 saturated heterocycles. The van der Waals surface area contributed by atoms with Crippen molar-refractivity contribution in [3.05, 3.63) is 61.2 Å². The Morgan fingerprint density at radius 3 is 2.56 bits per heavy atom. The van der Waals surface area contributed by atoms with Gasteiger partial charge in [-0.3, -0.25) is 14.4 Å². The molecule has 4 rings (SSSR count). The number of likely N-dealkylation sites (tertiary alicyclic amines) is 1. The summed E-state index contributed by atoms with van der Waals surface area (Å²) in [4.78, 5) is 45.9. The minimum atomic E-state index is -1.23. The standard InChI is InChI=1S/C31H42N2O6/c1-7-13-21(5)32(16-8-2)28(36)26-31-18-20(4)30(6,39-31)25(29(37)38-17-9-3)24(31)27(35)33(26)23(19-34)22-14-11-10-12-15-22/h8-12,14-15,20-21,23-26,34H,2-3,7,13,16-19H2,1,4-6H3/t20?,21?,23-,24+,25+,26?,30-,31?/m1/s1. The van der Waals surface area contributed by atoms with Crippen molar-refractivity contribution in [2.75, 3.05) is 19.8 Å². The Hall–Kier alpha value is -2.97. The first-order valence-corrected chi connectivity index (χ1v) is 14.0. The lowest BCUT2D eigenvalue weighted by Crippen LogP contribution is -2.58. The normalized spacial score (nSPS) is 32.4. The number of benzene rings is 1. The Labute approximate surface area is 231 Å². The van der Waals surface area contributed by atoms with Crippen LogP contribution in [0.2, 0.25) is 0 Å². The predicted octanol–water partition coefficient (Wildman–Crippen LogP) is 3.66. The van der Waals surface area contributed by atoms with Crippen molar-refractivity contribution in [2.24, 2.45) is 17.8 Å². The summed E-state index contributed by atoms with van der Waals surface area (Å²) >= 11 is 0. The fraction of sp³-hybridized carbons (Fsp3) is 0.581. The van der Waals surface area contributed by atoms with Gasteiger partial charge in [0.05, 0.1) is 24.2 Å². The zero-order chi connectivity index (χ0) is 28.5. The molecule has 3 aliphatic rings. The zero-order valence-corrected chi connectivity index (χ0v) is 23.5. The number of amides is 2. The van der Waals surface area contributed by atoms with Gasteiger partial charge in [0.2, 0.25) is 11.8 Å². The summed E-state index contributed by atoms with van der Waals surface area (Å²) < 4.78 is 12.3. The minimum absolute atomic E-state index is 0.0186. The van der Waals surface area contributed by atoms with Crippen LogP contribution in [0.3, 0.4) is 0 Å². The molecule has 0 aromatic heterocycles. The quantitative estimate of drug-likeness (QED) is 0.322. The van der Waals surface area contributed by atoms with Crippen molar-refractivity contribution in [3.63, 3.8) is 0 Å². The molecule has 8 atom stereocenters. The minimum Gasteiger partial charge on any atom is -0.461 e. The lowest BCUT2D eigenvalue weighted by molar-refractivity contribution is -0.163. The van der Waals surface area contributed by atoms with E-state index in [9.17, 15) is 19.5 Å². The molecule has 0 aliphatic carbocycles. The van der Waals surface area contributed by atoms with Crippen LogP contribution in [0.25, 0.3) is 0 Å². The largest absolute Gasteiger partial charge is 0.461 e. The second-order valence-corrected chi connectivity index (χ2v) is 11.4. The van der Waals surface area contributed by atoms with Crippen LogP contribution in [-0.4, -0.2) is 75.7 Å². The van der Waals surface area contributed by atoms with Crippen molar-refractivity contribution < 1.29 is 29.0 Å². The maximum atomic E-state index is 14.6. The van der Waals surface area contributed by atoms with Crippen molar-refractivity contribution in [1.29, 1.82) is 0 Å². The first kappa shape index (κ1) is 29.0. The Bertz CT molecular complexity index is 1110. The molecule has 0 radical (unpaired) electrons. The SMILES string of the molecule is C=CCOC(=O)[C@@H]1[C@H]2C(=O)N([C@H](CO)c3ccccc3)C(C(=O)N(CC=C)C(C)CCC)C23CC(C)[C@@]1(C)O3. The fourth-order valence-electron chi connectivity index (χ4n) is 7.27. The van der Waals surface area contributed by atoms with Gasteiger partial charge in [0.1, 0.15) is 24.2 Å². The van der Waals surface area contributed by atoms with E-state index in [4.69, 9.17) is 9.47 Å². The summed E-state index contributed by atoms with van der Waals surface area (Å²) in [6.07, 6.45) is 5.28. The van der Waals surface area contributed by atoms with Gasteiger partial charge in [0.15, 0.2) is 0 Å². The molecule has 1 aromatic rings. The van der Waals surface area contributed by atoms with Gasteiger partial charge in [-0.05, 0) is 38.2 Å². The number of hydrogen-bond acceptors (Lipinski definition) is 6. The molecule has 4 unspecified atom stereocenters. The van der Waals surface area contributed by atoms with E-state index in [0.29, 0.717) is 18.5 Å². The number of carbonyl (C=O) groups excluding carboxylic acids is 3. The van der Waals surface area contributed by atoms with Crippen molar-refractivity contribution in [3.8, 4) is 0 Å². The average Bonchev–Trinajstić information content (AvgIpc) is 3.43. The molecule has 0 saturated carbocycles. The van der Waals surface area contributed by atoms with Gasteiger partial charge in [0.25, 0.3) is 0 Å². The van der Waals surface area contributed by atoms with E-state index in [0.717, 1.165) is 12.8 Å². The molecule has 1 N–H and O–H groups in total. The number of aliphatic hydroxyl groups excluding tert-OH is 1. The van der Waals surface area contributed by atoms with E-state index in [1.807, 2.05) is 51.1 Å². The van der Waals surface area contributed by atoms with E-state index in [-0.39, 0.29) is 37.0 Å². The van der Waals surface area contributed by atoms with Crippen LogP contribution in [0.15, 0.2) is 55.6 Å². The number of ether oxygens (including phenoxy) is 2. The number of aliphatic hydroxyl groups is 1. The van der Waals surface area contributed by atoms with Gasteiger partial charge in [0, 0.05) is 12.6 Å². The zero-order valence-electron chi connectivity index (χ0n) is 23.5. The van der Waals surface area contributed by atoms with Crippen LogP contribution in [0, 0.1) is 17.8 Å². The molecule has 3 heterocycles. The highest BCUT2D eigenvalue weighted by atomic mass is 16.6. The van der Waals surface area contributed by atoms with Gasteiger partial charge >= 0.3 is 5.97 Å². The van der Waals surface area contributed by atoms with Gasteiger partial charge in [-0.1, -0.05) is 69.3 Å². The molecule has 1 spiro atoms. The van der Waals surface area contributed by atoms with Crippen LogP contribution in [0.1, 0.15) is 58.6 Å². The smallest absolute Gasteiger partial charge is 0.313 e. The number of esters is 1. The maximum Gasteiger partial charge on any atom is 0.313 e. The van der Waals surface area contributed by atoms with Crippen LogP contribution >= 0.6 is 0 Å². The third-order valence-electron chi connectivity index (χ3n) is 9.12. The van der Waals surface area contributed by atoms with E-state index in [1.54, 1.807) is 11.0 Å². The second-order valence-electron chi connectivity index (χ2n) is 11.4. The summed E-state index contributed by atoms with van der Waals surface area (Å²) in [5.41, 5.74) is -1.49. The molecular formula is C31H42N2O6. The molecule has 1 aromatic carbocycles. The third kappa shape index (κ3) is 4.51. The summed E-state index contributed by atoms with van der Waals surface area (Å²) in [5, 5.41) is 10.6. The molecular weight excluding hydrogens is 496 g/mol. The summed E-state index contributed by atoms with van der Waals surface area (Å²) in [5.74, 6) is -3.05. The van der Waals surface area contributed by atoms with E-state index in [2.05, 4.69) is 20.1 Å². The average molecular weight is 539 g/mol. The highest BCUT2D eigenvalue weighted by Crippen LogP contribution is 2.66. The number of fused-ring (bicyclic) bond motifs is 1. The summed E-state index contributed by atoms with van der Waals surface area (Å²) in [7, 11) is 0. The van der Waals surface area contributed by atoms with Crippen LogP contribution < -0.4 is 0 Å². The molecule has 2 amide bonds. The number of hydrogen-bond donors (Lipinski definition) is 1. The van der Waals surface area contributed by atoms with Crippen molar-refractivity contribution in [2.45, 2.75) is 76.3 Å². The van der Waals surface area contributed by atoms with E-state index >= 15 is 0 Å². The Morgan fingerprint density at radius 2 is 1.97 bits per heavy atom. The highest BCUT2D eigenvalue weighted by Gasteiger charge is 2.81. The molecule has 3 fully saturated rings. The van der Waals surface area contributed by atoms with E-state index in [1.165, 1.54) is 11.0 Å². The number of nitrogens with zero attached hydrogens (tertiary/aromatic N) is 2. The summed E-state index contributed by atoms with van der Waals surface area (Å²) in [6.45, 7) is 15.4. The van der Waals surface area contributed by atoms with Crippen molar-refractivity contribution in [1.82, 2.24) is 9.80 Å². The van der Waals surface area contributed by atoms with Gasteiger partial charge < -0.3 is 24.4 Å².